The molecule has 6 nitrogen and oxygen atoms in total. The first-order valence-electron chi connectivity index (χ1n) is 9.30. The van der Waals surface area contributed by atoms with E-state index in [4.69, 9.17) is 0 Å². The summed E-state index contributed by atoms with van der Waals surface area (Å²) in [7, 11) is 0. The smallest absolute Gasteiger partial charge is 0.221 e. The number of nitrogens with zero attached hydrogens (tertiary/aromatic N) is 1. The Morgan fingerprint density at radius 2 is 1.89 bits per heavy atom. The Hall–Kier alpha value is -1.99. The zero-order chi connectivity index (χ0) is 19.4. The quantitative estimate of drug-likeness (QED) is 0.594. The van der Waals surface area contributed by atoms with E-state index in [1.165, 1.54) is 0 Å². The molecule has 27 heavy (non-hydrogen) atoms. The number of hydrogen-bond donors (Lipinski definition) is 1. The Morgan fingerprint density at radius 1 is 1.15 bits per heavy atom. The van der Waals surface area contributed by atoms with E-state index in [2.05, 4.69) is 5.32 Å². The van der Waals surface area contributed by atoms with Gasteiger partial charge in [-0.3, -0.25) is 24.1 Å². The second-order valence-corrected chi connectivity index (χ2v) is 8.06. The lowest BCUT2D eigenvalue weighted by molar-refractivity contribution is -0.133. The Labute approximate surface area is 163 Å². The molecule has 0 radical (unpaired) electrons. The summed E-state index contributed by atoms with van der Waals surface area (Å²) in [4.78, 5) is 50.5. The maximum Gasteiger partial charge on any atom is 0.221 e. The molecular formula is C20H24N2O4S. The van der Waals surface area contributed by atoms with Crippen molar-refractivity contribution in [1.82, 2.24) is 10.2 Å². The number of carbonyl (C=O) groups is 4. The molecule has 0 saturated carbocycles. The summed E-state index contributed by atoms with van der Waals surface area (Å²) in [5.41, 5.74) is 1.68. The van der Waals surface area contributed by atoms with Gasteiger partial charge in [0.25, 0.3) is 0 Å². The molecule has 2 unspecified atom stereocenters. The molecule has 7 heteroatoms. The number of thioether (sulfide) groups is 1. The molecule has 2 saturated heterocycles. The van der Waals surface area contributed by atoms with E-state index in [1.54, 1.807) is 12.1 Å². The molecule has 1 aromatic rings. The van der Waals surface area contributed by atoms with Gasteiger partial charge in [0.2, 0.25) is 11.0 Å². The summed E-state index contributed by atoms with van der Waals surface area (Å²) in [6, 6.07) is 6.55. The zero-order valence-electron chi connectivity index (χ0n) is 15.4. The summed E-state index contributed by atoms with van der Waals surface area (Å²) in [5.74, 6) is -0.159. The number of likely N-dealkylation sites (tertiary alicyclic amines) is 1. The second kappa shape index (κ2) is 8.80. The van der Waals surface area contributed by atoms with Gasteiger partial charge in [0.05, 0.1) is 11.9 Å². The standard InChI is InChI=1S/C20H24N2O4S/c1-13-5-7-14(8-6-13)15(23)9-10-18(25)21-17-4-2-3-11-22(17)19-16(24)12-27-20(19)26/h5-8,17,19H,2-4,9-12H2,1H3,(H,21,25). The molecule has 0 aliphatic carbocycles. The van der Waals surface area contributed by atoms with Crippen LogP contribution in [0.3, 0.4) is 0 Å². The lowest BCUT2D eigenvalue weighted by Crippen LogP contribution is -2.57. The molecule has 0 aromatic heterocycles. The second-order valence-electron chi connectivity index (χ2n) is 7.08. The largest absolute Gasteiger partial charge is 0.341 e. The zero-order valence-corrected chi connectivity index (χ0v) is 16.2. The number of ketones is 2. The third-order valence-corrected chi connectivity index (χ3v) is 5.98. The fourth-order valence-corrected chi connectivity index (χ4v) is 4.41. The number of benzene rings is 1. The maximum atomic E-state index is 12.4. The average molecular weight is 388 g/mol. The Kier molecular flexibility index (Phi) is 6.44. The van der Waals surface area contributed by atoms with Gasteiger partial charge in [-0.05, 0) is 26.2 Å². The van der Waals surface area contributed by atoms with Crippen molar-refractivity contribution in [2.24, 2.45) is 0 Å². The predicted molar refractivity (Wildman–Crippen MR) is 103 cm³/mol. The van der Waals surface area contributed by atoms with Crippen LogP contribution >= 0.6 is 11.8 Å². The summed E-state index contributed by atoms with van der Waals surface area (Å²) in [6.07, 6.45) is 2.46. The first kappa shape index (κ1) is 19.8. The molecule has 2 aliphatic rings. The lowest BCUT2D eigenvalue weighted by atomic mass is 10.0. The van der Waals surface area contributed by atoms with Gasteiger partial charge < -0.3 is 5.32 Å². The van der Waals surface area contributed by atoms with Gasteiger partial charge in [-0.2, -0.15) is 0 Å². The predicted octanol–water partition coefficient (Wildman–Crippen LogP) is 2.10. The number of rotatable bonds is 6. The number of hydrogen-bond acceptors (Lipinski definition) is 6. The fourth-order valence-electron chi connectivity index (χ4n) is 3.54. The first-order chi connectivity index (χ1) is 13.0. The number of Topliss-reactive ketones (excluding diaryl/α,β-unsaturated/α-hetero) is 2. The number of nitrogens with one attached hydrogen (secondary N) is 1. The van der Waals surface area contributed by atoms with E-state index >= 15 is 0 Å². The fraction of sp³-hybridized carbons (Fsp3) is 0.500. The number of amides is 1. The normalized spacial score (nSPS) is 23.4. The van der Waals surface area contributed by atoms with Crippen molar-refractivity contribution >= 4 is 34.4 Å². The Bertz CT molecular complexity index is 731. The van der Waals surface area contributed by atoms with E-state index in [0.717, 1.165) is 30.2 Å². The highest BCUT2D eigenvalue weighted by Crippen LogP contribution is 2.27. The lowest BCUT2D eigenvalue weighted by Gasteiger charge is -2.38. The molecular weight excluding hydrogens is 364 g/mol. The van der Waals surface area contributed by atoms with E-state index in [0.29, 0.717) is 18.5 Å². The molecule has 144 valence electrons. The van der Waals surface area contributed by atoms with Crippen LogP contribution in [-0.2, 0) is 14.4 Å². The molecule has 1 aromatic carbocycles. The summed E-state index contributed by atoms with van der Waals surface area (Å²) < 4.78 is 0. The summed E-state index contributed by atoms with van der Waals surface area (Å²) in [6.45, 7) is 2.58. The minimum atomic E-state index is -0.741. The van der Waals surface area contributed by atoms with Crippen molar-refractivity contribution in [2.45, 2.75) is 51.2 Å². The molecule has 1 amide bonds. The van der Waals surface area contributed by atoms with Gasteiger partial charge in [0.1, 0.15) is 6.04 Å². The van der Waals surface area contributed by atoms with Crippen molar-refractivity contribution in [3.05, 3.63) is 35.4 Å². The highest BCUT2D eigenvalue weighted by Gasteiger charge is 2.42. The molecule has 2 aliphatic heterocycles. The molecule has 2 atom stereocenters. The van der Waals surface area contributed by atoms with E-state index < -0.39 is 6.04 Å². The van der Waals surface area contributed by atoms with Crippen LogP contribution in [0, 0.1) is 6.92 Å². The van der Waals surface area contributed by atoms with Crippen molar-refractivity contribution in [1.29, 1.82) is 0 Å². The third kappa shape index (κ3) is 4.84. The van der Waals surface area contributed by atoms with Crippen molar-refractivity contribution in [3.63, 3.8) is 0 Å². The molecule has 2 heterocycles. The molecule has 0 bridgehead atoms. The first-order valence-corrected chi connectivity index (χ1v) is 10.3. The van der Waals surface area contributed by atoms with E-state index in [9.17, 15) is 19.2 Å². The molecule has 1 N–H and O–H groups in total. The van der Waals surface area contributed by atoms with Crippen LogP contribution in [0.1, 0.15) is 48.0 Å². The molecule has 0 spiro atoms. The monoisotopic (exact) mass is 388 g/mol. The Morgan fingerprint density at radius 3 is 2.56 bits per heavy atom. The molecule has 3 rings (SSSR count). The molecule has 2 fully saturated rings. The summed E-state index contributed by atoms with van der Waals surface area (Å²) in [5, 5.41) is 2.79. The van der Waals surface area contributed by atoms with Gasteiger partial charge in [-0.1, -0.05) is 41.6 Å². The van der Waals surface area contributed by atoms with Gasteiger partial charge in [-0.15, -0.1) is 0 Å². The van der Waals surface area contributed by atoms with Gasteiger partial charge in [0, 0.05) is 24.9 Å². The van der Waals surface area contributed by atoms with Crippen LogP contribution in [0.15, 0.2) is 24.3 Å². The summed E-state index contributed by atoms with van der Waals surface area (Å²) >= 11 is 1.05. The number of carbonyl (C=O) groups excluding carboxylic acids is 4. The topological polar surface area (TPSA) is 83.6 Å². The number of aryl methyl sites for hydroxylation is 1. The van der Waals surface area contributed by atoms with E-state index in [1.807, 2.05) is 24.0 Å². The minimum Gasteiger partial charge on any atom is -0.341 e. The SMILES string of the molecule is Cc1ccc(C(=O)CCC(=O)NC2CCCCN2C2C(=O)CSC2=O)cc1. The van der Waals surface area contributed by atoms with Crippen LogP contribution in [0.5, 0.6) is 0 Å². The maximum absolute atomic E-state index is 12.4. The Balaban J connectivity index is 1.55. The van der Waals surface area contributed by atoms with Crippen LogP contribution in [0.25, 0.3) is 0 Å². The third-order valence-electron chi connectivity index (χ3n) is 5.04. The van der Waals surface area contributed by atoms with Crippen molar-refractivity contribution in [3.8, 4) is 0 Å². The number of piperidine rings is 1. The van der Waals surface area contributed by atoms with Gasteiger partial charge >= 0.3 is 0 Å². The van der Waals surface area contributed by atoms with E-state index in [-0.39, 0.29) is 47.3 Å². The van der Waals surface area contributed by atoms with Gasteiger partial charge in [0.15, 0.2) is 11.6 Å². The average Bonchev–Trinajstić information content (AvgIpc) is 2.99. The van der Waals surface area contributed by atoms with Crippen LogP contribution in [-0.4, -0.2) is 52.0 Å². The van der Waals surface area contributed by atoms with Crippen LogP contribution in [0.4, 0.5) is 0 Å². The highest BCUT2D eigenvalue weighted by atomic mass is 32.2. The van der Waals surface area contributed by atoms with Crippen molar-refractivity contribution < 1.29 is 19.2 Å². The minimum absolute atomic E-state index is 0.0665. The van der Waals surface area contributed by atoms with Crippen LogP contribution in [0.2, 0.25) is 0 Å². The van der Waals surface area contributed by atoms with Crippen LogP contribution < -0.4 is 5.32 Å². The highest BCUT2D eigenvalue weighted by molar-refractivity contribution is 8.15. The van der Waals surface area contributed by atoms with Gasteiger partial charge in [-0.25, -0.2) is 0 Å². The van der Waals surface area contributed by atoms with Crippen molar-refractivity contribution in [2.75, 3.05) is 12.3 Å².